The van der Waals surface area contributed by atoms with E-state index >= 15 is 0 Å². The van der Waals surface area contributed by atoms with Crippen molar-refractivity contribution in [2.75, 3.05) is 18.9 Å². The van der Waals surface area contributed by atoms with Crippen molar-refractivity contribution < 1.29 is 9.59 Å². The molecule has 4 aromatic rings. The minimum Gasteiger partial charge on any atom is -0.331 e. The molecule has 0 aliphatic heterocycles. The lowest BCUT2D eigenvalue weighted by atomic mass is 10.1. The predicted octanol–water partition coefficient (Wildman–Crippen LogP) is 3.16. The maximum Gasteiger partial charge on any atom is 0.274 e. The maximum absolute atomic E-state index is 12.8. The zero-order valence-electron chi connectivity index (χ0n) is 17.6. The average molecular weight is 426 g/mol. The summed E-state index contributed by atoms with van der Waals surface area (Å²) < 4.78 is 1.24. The molecule has 0 saturated carbocycles. The Balaban J connectivity index is 1.46. The summed E-state index contributed by atoms with van der Waals surface area (Å²) in [6.45, 7) is 0.105. The minimum atomic E-state index is -0.445. The number of fused-ring (bicyclic) bond motifs is 1. The molecule has 4 rings (SSSR count). The molecule has 3 aromatic carbocycles. The van der Waals surface area contributed by atoms with Gasteiger partial charge < -0.3 is 10.2 Å². The summed E-state index contributed by atoms with van der Waals surface area (Å²) in [6, 6.07) is 25.5. The number of hydrogen-bond acceptors (Lipinski definition) is 4. The van der Waals surface area contributed by atoms with Crippen molar-refractivity contribution in [2.24, 2.45) is 0 Å². The molecule has 2 amide bonds. The molecule has 0 aliphatic carbocycles. The minimum absolute atomic E-state index is 0.0981. The van der Waals surface area contributed by atoms with Gasteiger partial charge in [-0.1, -0.05) is 66.7 Å². The second-order valence-corrected chi connectivity index (χ2v) is 7.44. The highest BCUT2D eigenvalue weighted by molar-refractivity contribution is 6.04. The second kappa shape index (κ2) is 9.26. The molecule has 0 saturated heterocycles. The Kier molecular flexibility index (Phi) is 6.07. The largest absolute Gasteiger partial charge is 0.331 e. The van der Waals surface area contributed by atoms with Crippen LogP contribution in [0.1, 0.15) is 16.1 Å². The molecule has 0 radical (unpaired) electrons. The van der Waals surface area contributed by atoms with Gasteiger partial charge in [0.15, 0.2) is 0 Å². The third-order valence-electron chi connectivity index (χ3n) is 5.05. The van der Waals surface area contributed by atoms with Crippen molar-refractivity contribution in [3.8, 4) is 0 Å². The Morgan fingerprint density at radius 2 is 1.62 bits per heavy atom. The normalized spacial score (nSPS) is 10.7. The lowest BCUT2D eigenvalue weighted by Gasteiger charge is -2.17. The van der Waals surface area contributed by atoms with Crippen LogP contribution in [0.2, 0.25) is 0 Å². The Labute approximate surface area is 184 Å². The van der Waals surface area contributed by atoms with E-state index in [2.05, 4.69) is 10.4 Å². The Bertz CT molecular complexity index is 1330. The summed E-state index contributed by atoms with van der Waals surface area (Å²) in [6.07, 6.45) is 0. The van der Waals surface area contributed by atoms with E-state index in [1.807, 2.05) is 72.8 Å². The first-order valence-corrected chi connectivity index (χ1v) is 10.2. The van der Waals surface area contributed by atoms with Gasteiger partial charge in [-0.05, 0) is 23.1 Å². The fraction of sp³-hybridized carbons (Fsp3) is 0.120. The van der Waals surface area contributed by atoms with Crippen LogP contribution in [-0.2, 0) is 11.3 Å². The second-order valence-electron chi connectivity index (χ2n) is 7.44. The van der Waals surface area contributed by atoms with Gasteiger partial charge in [-0.25, -0.2) is 4.68 Å². The van der Waals surface area contributed by atoms with Crippen molar-refractivity contribution in [1.29, 1.82) is 0 Å². The molecule has 32 heavy (non-hydrogen) atoms. The van der Waals surface area contributed by atoms with E-state index in [0.717, 1.165) is 16.3 Å². The SMILES string of the molecule is CN(CC(=O)Nc1cccc2ccccc12)C(=O)c1ccc(=O)n(Cc2ccccc2)n1. The van der Waals surface area contributed by atoms with Gasteiger partial charge in [-0.3, -0.25) is 14.4 Å². The summed E-state index contributed by atoms with van der Waals surface area (Å²) in [5, 5.41) is 9.01. The molecule has 0 aliphatic rings. The highest BCUT2D eigenvalue weighted by Crippen LogP contribution is 2.22. The van der Waals surface area contributed by atoms with Gasteiger partial charge in [0.1, 0.15) is 5.69 Å². The highest BCUT2D eigenvalue weighted by Gasteiger charge is 2.18. The quantitative estimate of drug-likeness (QED) is 0.513. The van der Waals surface area contributed by atoms with Crippen LogP contribution in [-0.4, -0.2) is 40.1 Å². The molecule has 0 unspecified atom stereocenters. The van der Waals surface area contributed by atoms with Crippen LogP contribution in [0.25, 0.3) is 10.8 Å². The summed E-state index contributed by atoms with van der Waals surface area (Å²) in [7, 11) is 1.53. The highest BCUT2D eigenvalue weighted by atomic mass is 16.2. The van der Waals surface area contributed by atoms with Crippen molar-refractivity contribution in [2.45, 2.75) is 6.54 Å². The molecule has 0 atom stereocenters. The molecule has 1 N–H and O–H groups in total. The molecule has 0 fully saturated rings. The number of nitrogens with one attached hydrogen (secondary N) is 1. The van der Waals surface area contributed by atoms with Crippen molar-refractivity contribution in [3.63, 3.8) is 0 Å². The van der Waals surface area contributed by atoms with Crippen molar-refractivity contribution in [1.82, 2.24) is 14.7 Å². The van der Waals surface area contributed by atoms with Crippen LogP contribution in [0.5, 0.6) is 0 Å². The van der Waals surface area contributed by atoms with Gasteiger partial charge in [0.25, 0.3) is 11.5 Å². The van der Waals surface area contributed by atoms with Crippen LogP contribution in [0.15, 0.2) is 89.7 Å². The maximum atomic E-state index is 12.8. The smallest absolute Gasteiger partial charge is 0.274 e. The van der Waals surface area contributed by atoms with E-state index in [1.54, 1.807) is 0 Å². The summed E-state index contributed by atoms with van der Waals surface area (Å²) in [5.74, 6) is -0.769. The lowest BCUT2D eigenvalue weighted by Crippen LogP contribution is -2.36. The van der Waals surface area contributed by atoms with E-state index in [9.17, 15) is 14.4 Å². The first-order valence-electron chi connectivity index (χ1n) is 10.2. The standard InChI is InChI=1S/C25H22N4O3/c1-28(17-23(30)26-21-13-7-11-19-10-5-6-12-20(19)21)25(32)22-14-15-24(31)29(27-22)16-18-8-3-2-4-9-18/h2-15H,16-17H2,1H3,(H,26,30). The number of anilines is 1. The molecule has 1 aromatic heterocycles. The van der Waals surface area contributed by atoms with E-state index < -0.39 is 5.91 Å². The number of nitrogens with zero attached hydrogens (tertiary/aromatic N) is 3. The number of rotatable bonds is 6. The molecular formula is C25H22N4O3. The molecule has 0 bridgehead atoms. The Hall–Kier alpha value is -4.26. The summed E-state index contributed by atoms with van der Waals surface area (Å²) >= 11 is 0. The third-order valence-corrected chi connectivity index (χ3v) is 5.05. The first kappa shape index (κ1) is 21.0. The van der Waals surface area contributed by atoms with Crippen molar-refractivity contribution >= 4 is 28.3 Å². The first-order chi connectivity index (χ1) is 15.5. The van der Waals surface area contributed by atoms with Gasteiger partial charge in [-0.2, -0.15) is 5.10 Å². The van der Waals surface area contributed by atoms with Gasteiger partial charge >= 0.3 is 0 Å². The van der Waals surface area contributed by atoms with Gasteiger partial charge in [0.2, 0.25) is 5.91 Å². The van der Waals surface area contributed by atoms with Crippen LogP contribution in [0.4, 0.5) is 5.69 Å². The number of aromatic nitrogens is 2. The van der Waals surface area contributed by atoms with Gasteiger partial charge in [-0.15, -0.1) is 0 Å². The number of benzene rings is 3. The van der Waals surface area contributed by atoms with Crippen LogP contribution in [0, 0.1) is 0 Å². The van der Waals surface area contributed by atoms with Crippen LogP contribution < -0.4 is 10.9 Å². The number of carbonyl (C=O) groups excluding carboxylic acids is 2. The predicted molar refractivity (Wildman–Crippen MR) is 124 cm³/mol. The fourth-order valence-corrected chi connectivity index (χ4v) is 3.44. The summed E-state index contributed by atoms with van der Waals surface area (Å²) in [5.41, 5.74) is 1.38. The van der Waals surface area contributed by atoms with E-state index in [4.69, 9.17) is 0 Å². The van der Waals surface area contributed by atoms with Gasteiger partial charge in [0.05, 0.1) is 13.1 Å². The lowest BCUT2D eigenvalue weighted by molar-refractivity contribution is -0.116. The zero-order valence-corrected chi connectivity index (χ0v) is 17.6. The third kappa shape index (κ3) is 4.73. The average Bonchev–Trinajstić information content (AvgIpc) is 2.81. The van der Waals surface area contributed by atoms with Gasteiger partial charge in [0, 0.05) is 24.2 Å². The molecule has 1 heterocycles. The van der Waals surface area contributed by atoms with Crippen LogP contribution >= 0.6 is 0 Å². The van der Waals surface area contributed by atoms with E-state index in [-0.39, 0.29) is 30.2 Å². The van der Waals surface area contributed by atoms with E-state index in [0.29, 0.717) is 5.69 Å². The zero-order chi connectivity index (χ0) is 22.5. The number of amides is 2. The molecular weight excluding hydrogens is 404 g/mol. The number of hydrogen-bond donors (Lipinski definition) is 1. The molecule has 7 heteroatoms. The van der Waals surface area contributed by atoms with Crippen LogP contribution in [0.3, 0.4) is 0 Å². The molecule has 7 nitrogen and oxygen atoms in total. The summed E-state index contributed by atoms with van der Waals surface area (Å²) in [4.78, 5) is 38.9. The number of likely N-dealkylation sites (N-methyl/N-ethyl adjacent to an activating group) is 1. The van der Waals surface area contributed by atoms with Crippen molar-refractivity contribution in [3.05, 3.63) is 107 Å². The Morgan fingerprint density at radius 3 is 2.44 bits per heavy atom. The fourth-order valence-electron chi connectivity index (χ4n) is 3.44. The number of carbonyl (C=O) groups is 2. The molecule has 0 spiro atoms. The molecule has 160 valence electrons. The monoisotopic (exact) mass is 426 g/mol. The van der Waals surface area contributed by atoms with E-state index in [1.165, 1.54) is 28.8 Å². The Morgan fingerprint density at radius 1 is 0.906 bits per heavy atom. The topological polar surface area (TPSA) is 84.3 Å².